The van der Waals surface area contributed by atoms with E-state index in [2.05, 4.69) is 64.0 Å². The Labute approximate surface area is 164 Å². The Morgan fingerprint density at radius 2 is 1.69 bits per heavy atom. The number of piperazine rings is 1. The molecule has 3 nitrogen and oxygen atoms in total. The molecule has 0 bridgehead atoms. The number of hydrogen-bond donors (Lipinski definition) is 0. The Kier molecular flexibility index (Phi) is 4.98. The smallest absolute Gasteiger partial charge is 0.111 e. The van der Waals surface area contributed by atoms with Gasteiger partial charge in [0.1, 0.15) is 4.99 Å². The minimum absolute atomic E-state index is 0.767. The SMILES string of the molecule is CN1CCN(C(=S)c2cn(Cc3ccc(Cl)cc3)c3ccccc23)CC1. The highest BCUT2D eigenvalue weighted by molar-refractivity contribution is 7.80. The lowest BCUT2D eigenvalue weighted by Crippen LogP contribution is -2.46. The molecule has 5 heteroatoms. The quantitative estimate of drug-likeness (QED) is 0.626. The minimum Gasteiger partial charge on any atom is -0.360 e. The number of fused-ring (bicyclic) bond motifs is 1. The molecule has 3 aromatic rings. The highest BCUT2D eigenvalue weighted by Crippen LogP contribution is 2.25. The molecule has 0 aliphatic carbocycles. The number of rotatable bonds is 3. The first-order chi connectivity index (χ1) is 12.6. The molecule has 0 N–H and O–H groups in total. The van der Waals surface area contributed by atoms with Crippen LogP contribution in [-0.4, -0.2) is 52.6 Å². The van der Waals surface area contributed by atoms with Crippen molar-refractivity contribution >= 4 is 39.7 Å². The molecule has 2 heterocycles. The number of likely N-dealkylation sites (N-methyl/N-ethyl adjacent to an activating group) is 1. The van der Waals surface area contributed by atoms with Crippen molar-refractivity contribution in [3.8, 4) is 0 Å². The first-order valence-electron chi connectivity index (χ1n) is 8.92. The number of thiocarbonyl (C=S) groups is 1. The van der Waals surface area contributed by atoms with E-state index in [1.165, 1.54) is 16.5 Å². The van der Waals surface area contributed by atoms with Crippen molar-refractivity contribution in [3.05, 3.63) is 70.9 Å². The predicted octanol–water partition coefficient (Wildman–Crippen LogP) is 4.27. The van der Waals surface area contributed by atoms with Crippen LogP contribution >= 0.6 is 23.8 Å². The van der Waals surface area contributed by atoms with Crippen LogP contribution < -0.4 is 0 Å². The zero-order valence-electron chi connectivity index (χ0n) is 14.9. The third-order valence-corrected chi connectivity index (χ3v) is 5.81. The second kappa shape index (κ2) is 7.39. The summed E-state index contributed by atoms with van der Waals surface area (Å²) in [6.07, 6.45) is 2.21. The molecule has 1 aliphatic heterocycles. The van der Waals surface area contributed by atoms with E-state index < -0.39 is 0 Å². The number of halogens is 1. The van der Waals surface area contributed by atoms with Crippen molar-refractivity contribution in [2.45, 2.75) is 6.54 Å². The number of para-hydroxylation sites is 1. The zero-order chi connectivity index (χ0) is 18.1. The summed E-state index contributed by atoms with van der Waals surface area (Å²) < 4.78 is 2.29. The van der Waals surface area contributed by atoms with E-state index in [9.17, 15) is 0 Å². The first kappa shape index (κ1) is 17.5. The van der Waals surface area contributed by atoms with Crippen LogP contribution in [0.15, 0.2) is 54.7 Å². The molecule has 26 heavy (non-hydrogen) atoms. The molecule has 1 aromatic heterocycles. The summed E-state index contributed by atoms with van der Waals surface area (Å²) in [5.74, 6) is 0. The van der Waals surface area contributed by atoms with Crippen molar-refractivity contribution in [1.82, 2.24) is 14.4 Å². The lowest BCUT2D eigenvalue weighted by Gasteiger charge is -2.34. The molecule has 0 unspecified atom stereocenters. The second-order valence-corrected chi connectivity index (χ2v) is 7.73. The Morgan fingerprint density at radius 1 is 1.00 bits per heavy atom. The Morgan fingerprint density at radius 3 is 2.42 bits per heavy atom. The van der Waals surface area contributed by atoms with E-state index in [4.69, 9.17) is 23.8 Å². The van der Waals surface area contributed by atoms with Gasteiger partial charge < -0.3 is 14.4 Å². The van der Waals surface area contributed by atoms with Gasteiger partial charge in [-0.15, -0.1) is 0 Å². The summed E-state index contributed by atoms with van der Waals surface area (Å²) in [6.45, 7) is 4.91. The van der Waals surface area contributed by atoms with Crippen molar-refractivity contribution in [2.24, 2.45) is 0 Å². The summed E-state index contributed by atoms with van der Waals surface area (Å²) in [5.41, 5.74) is 3.61. The van der Waals surface area contributed by atoms with Crippen molar-refractivity contribution < 1.29 is 0 Å². The fourth-order valence-corrected chi connectivity index (χ4v) is 3.99. The number of nitrogens with zero attached hydrogens (tertiary/aromatic N) is 3. The van der Waals surface area contributed by atoms with E-state index in [0.717, 1.165) is 48.3 Å². The lowest BCUT2D eigenvalue weighted by atomic mass is 10.1. The van der Waals surface area contributed by atoms with Gasteiger partial charge >= 0.3 is 0 Å². The van der Waals surface area contributed by atoms with Gasteiger partial charge in [-0.25, -0.2) is 0 Å². The maximum Gasteiger partial charge on any atom is 0.111 e. The van der Waals surface area contributed by atoms with Gasteiger partial charge in [0.05, 0.1) is 0 Å². The normalized spacial score (nSPS) is 15.5. The molecule has 0 amide bonds. The Balaban J connectivity index is 1.67. The van der Waals surface area contributed by atoms with Crippen molar-refractivity contribution in [3.63, 3.8) is 0 Å². The van der Waals surface area contributed by atoms with E-state index in [-0.39, 0.29) is 0 Å². The third kappa shape index (κ3) is 3.50. The molecule has 0 saturated carbocycles. The molecule has 0 spiro atoms. The first-order valence-corrected chi connectivity index (χ1v) is 9.70. The third-order valence-electron chi connectivity index (χ3n) is 5.08. The molecule has 2 aromatic carbocycles. The fourth-order valence-electron chi connectivity index (χ4n) is 3.51. The standard InChI is InChI=1S/C21H22ClN3S/c1-23-10-12-24(13-11-23)21(26)19-15-25(20-5-3-2-4-18(19)20)14-16-6-8-17(22)9-7-16/h2-9,15H,10-14H2,1H3. The van der Waals surface area contributed by atoms with Crippen molar-refractivity contribution in [2.75, 3.05) is 33.2 Å². The second-order valence-electron chi connectivity index (χ2n) is 6.91. The van der Waals surface area contributed by atoms with Gasteiger partial charge in [-0.1, -0.05) is 54.2 Å². The van der Waals surface area contributed by atoms with Crippen LogP contribution in [0.3, 0.4) is 0 Å². The van der Waals surface area contributed by atoms with Crippen LogP contribution in [0.5, 0.6) is 0 Å². The molecule has 0 radical (unpaired) electrons. The van der Waals surface area contributed by atoms with Gasteiger partial charge in [0.15, 0.2) is 0 Å². The van der Waals surface area contributed by atoms with Gasteiger partial charge in [0.25, 0.3) is 0 Å². The van der Waals surface area contributed by atoms with Crippen LogP contribution in [0, 0.1) is 0 Å². The maximum atomic E-state index is 6.02. The van der Waals surface area contributed by atoms with E-state index in [1.807, 2.05) is 12.1 Å². The monoisotopic (exact) mass is 383 g/mol. The predicted molar refractivity (Wildman–Crippen MR) is 113 cm³/mol. The molecule has 0 atom stereocenters. The molecule has 1 saturated heterocycles. The Hall–Kier alpha value is -1.88. The molecular formula is C21H22ClN3S. The van der Waals surface area contributed by atoms with Crippen LogP contribution in [-0.2, 0) is 6.54 Å². The fraction of sp³-hybridized carbons (Fsp3) is 0.286. The van der Waals surface area contributed by atoms with Crippen molar-refractivity contribution in [1.29, 1.82) is 0 Å². The van der Waals surface area contributed by atoms with Crippen LogP contribution in [0.4, 0.5) is 0 Å². The molecule has 4 rings (SSSR count). The summed E-state index contributed by atoms with van der Waals surface area (Å²) in [7, 11) is 2.17. The zero-order valence-corrected chi connectivity index (χ0v) is 16.4. The maximum absolute atomic E-state index is 6.02. The lowest BCUT2D eigenvalue weighted by molar-refractivity contribution is 0.218. The van der Waals surface area contributed by atoms with Gasteiger partial charge in [0, 0.05) is 60.4 Å². The largest absolute Gasteiger partial charge is 0.360 e. The number of benzene rings is 2. The highest BCUT2D eigenvalue weighted by Gasteiger charge is 2.20. The van der Waals surface area contributed by atoms with Gasteiger partial charge in [0.2, 0.25) is 0 Å². The van der Waals surface area contributed by atoms with Crippen LogP contribution in [0.1, 0.15) is 11.1 Å². The van der Waals surface area contributed by atoms with E-state index >= 15 is 0 Å². The summed E-state index contributed by atoms with van der Waals surface area (Å²) in [4.78, 5) is 5.65. The number of aromatic nitrogens is 1. The number of hydrogen-bond acceptors (Lipinski definition) is 2. The molecular weight excluding hydrogens is 362 g/mol. The molecule has 134 valence electrons. The summed E-state index contributed by atoms with van der Waals surface area (Å²) in [5, 5.41) is 1.99. The van der Waals surface area contributed by atoms with Crippen LogP contribution in [0.25, 0.3) is 10.9 Å². The van der Waals surface area contributed by atoms with Gasteiger partial charge in [-0.3, -0.25) is 0 Å². The average Bonchev–Trinajstić information content (AvgIpc) is 3.02. The van der Waals surface area contributed by atoms with E-state index in [0.29, 0.717) is 0 Å². The van der Waals surface area contributed by atoms with E-state index in [1.54, 1.807) is 0 Å². The Bertz CT molecular complexity index is 924. The van der Waals surface area contributed by atoms with Crippen LogP contribution in [0.2, 0.25) is 5.02 Å². The van der Waals surface area contributed by atoms with Gasteiger partial charge in [-0.2, -0.15) is 0 Å². The highest BCUT2D eigenvalue weighted by atomic mass is 35.5. The summed E-state index contributed by atoms with van der Waals surface area (Å²) >= 11 is 11.9. The van der Waals surface area contributed by atoms with Gasteiger partial charge in [-0.05, 0) is 30.8 Å². The topological polar surface area (TPSA) is 11.4 Å². The average molecular weight is 384 g/mol. The molecule has 1 fully saturated rings. The minimum atomic E-state index is 0.767. The summed E-state index contributed by atoms with van der Waals surface area (Å²) in [6, 6.07) is 16.6. The molecule has 1 aliphatic rings.